The molecule has 1 aliphatic rings. The molecule has 2 aromatic carbocycles. The molecule has 1 heterocycles. The number of carbonyl (C=O) groups excluding carboxylic acids is 1. The maximum Gasteiger partial charge on any atom is 0.196 e. The third-order valence-electron chi connectivity index (χ3n) is 3.98. The number of aromatic nitrogens is 1. The molecular weight excluding hydrogens is 304 g/mol. The van der Waals surface area contributed by atoms with Gasteiger partial charge in [-0.1, -0.05) is 41.6 Å². The largest absolute Gasteiger partial charge is 0.392 e. The lowest BCUT2D eigenvalue weighted by Crippen LogP contribution is -2.11. The van der Waals surface area contributed by atoms with Crippen LogP contribution in [0.2, 0.25) is 0 Å². The summed E-state index contributed by atoms with van der Waals surface area (Å²) in [6, 6.07) is 11.0. The first-order valence-corrected chi connectivity index (χ1v) is 7.57. The van der Waals surface area contributed by atoms with E-state index in [1.807, 2.05) is 30.3 Å². The average molecular weight is 318 g/mol. The summed E-state index contributed by atoms with van der Waals surface area (Å²) in [6.45, 7) is -0.0130. The van der Waals surface area contributed by atoms with Gasteiger partial charge in [0.05, 0.1) is 23.2 Å². The first kappa shape index (κ1) is 14.4. The number of anilines is 1. The molecular formula is C19H14N2O3. The van der Waals surface area contributed by atoms with E-state index in [4.69, 9.17) is 9.63 Å². The van der Waals surface area contributed by atoms with Crippen LogP contribution in [0.3, 0.4) is 0 Å². The van der Waals surface area contributed by atoms with Gasteiger partial charge in [0, 0.05) is 17.3 Å². The van der Waals surface area contributed by atoms with Crippen molar-refractivity contribution in [2.75, 3.05) is 11.9 Å². The van der Waals surface area contributed by atoms with Crippen molar-refractivity contribution in [2.45, 2.75) is 0 Å². The Morgan fingerprint density at radius 2 is 1.96 bits per heavy atom. The number of nitrogens with zero attached hydrogens (tertiary/aromatic N) is 1. The Morgan fingerprint density at radius 3 is 2.79 bits per heavy atom. The number of allylic oxidation sites excluding steroid dienone is 2. The summed E-state index contributed by atoms with van der Waals surface area (Å²) in [4.78, 5) is 13.0. The molecule has 1 aromatic heterocycles. The minimum Gasteiger partial charge on any atom is -0.392 e. The first-order chi connectivity index (χ1) is 11.8. The molecule has 5 nitrogen and oxygen atoms in total. The number of aliphatic hydroxyl groups excluding tert-OH is 1. The fourth-order valence-corrected chi connectivity index (χ4v) is 2.92. The molecule has 1 aliphatic carbocycles. The summed E-state index contributed by atoms with van der Waals surface area (Å²) < 4.78 is 5.50. The van der Waals surface area contributed by atoms with Gasteiger partial charge in [-0.25, -0.2) is 0 Å². The third kappa shape index (κ3) is 2.14. The smallest absolute Gasteiger partial charge is 0.196 e. The molecule has 118 valence electrons. The van der Waals surface area contributed by atoms with Gasteiger partial charge in [-0.3, -0.25) is 4.79 Å². The maximum atomic E-state index is 13.0. The number of hydrogen-bond donors (Lipinski definition) is 2. The van der Waals surface area contributed by atoms with E-state index in [1.165, 1.54) is 0 Å². The van der Waals surface area contributed by atoms with Crippen LogP contribution >= 0.6 is 0 Å². The average Bonchev–Trinajstić information content (AvgIpc) is 3.04. The standard InChI is InChI=1S/C19H14N2O3/c22-11-5-1-4-10-20-14-8-9-15-17-16(14)18(23)12-6-2-3-7-13(12)19(17)24-21-15/h1-10,20,22H,11H2/b5-1+,10-4+. The summed E-state index contributed by atoms with van der Waals surface area (Å²) in [7, 11) is 0. The molecule has 5 heteroatoms. The number of fused-ring (bicyclic) bond motifs is 2. The van der Waals surface area contributed by atoms with E-state index >= 15 is 0 Å². The van der Waals surface area contributed by atoms with Crippen LogP contribution in [0.25, 0.3) is 22.2 Å². The Labute approximate surface area is 137 Å². The van der Waals surface area contributed by atoms with Crippen LogP contribution in [-0.2, 0) is 0 Å². The van der Waals surface area contributed by atoms with E-state index < -0.39 is 0 Å². The molecule has 0 bridgehead atoms. The Kier molecular flexibility index (Phi) is 3.48. The second-order valence-corrected chi connectivity index (χ2v) is 5.38. The fourth-order valence-electron chi connectivity index (χ4n) is 2.92. The van der Waals surface area contributed by atoms with Crippen molar-refractivity contribution in [3.8, 4) is 11.3 Å². The lowest BCUT2D eigenvalue weighted by Gasteiger charge is -2.16. The maximum absolute atomic E-state index is 13.0. The van der Waals surface area contributed by atoms with Crippen molar-refractivity contribution in [3.05, 3.63) is 72.0 Å². The van der Waals surface area contributed by atoms with E-state index in [2.05, 4.69) is 10.5 Å². The second kappa shape index (κ2) is 5.79. The van der Waals surface area contributed by atoms with E-state index in [0.29, 0.717) is 28.1 Å². The molecule has 0 atom stereocenters. The van der Waals surface area contributed by atoms with Crippen LogP contribution in [0, 0.1) is 0 Å². The Bertz CT molecular complexity index is 999. The number of benzene rings is 2. The zero-order valence-corrected chi connectivity index (χ0v) is 12.7. The Balaban J connectivity index is 1.86. The van der Waals surface area contributed by atoms with E-state index in [0.717, 1.165) is 10.9 Å². The predicted molar refractivity (Wildman–Crippen MR) is 91.9 cm³/mol. The molecule has 2 N–H and O–H groups in total. The number of carbonyl (C=O) groups is 1. The molecule has 0 fully saturated rings. The van der Waals surface area contributed by atoms with Gasteiger partial charge in [0.1, 0.15) is 5.52 Å². The summed E-state index contributed by atoms with van der Waals surface area (Å²) in [6.07, 6.45) is 6.80. The highest BCUT2D eigenvalue weighted by atomic mass is 16.5. The second-order valence-electron chi connectivity index (χ2n) is 5.38. The number of nitrogens with one attached hydrogen (secondary N) is 1. The summed E-state index contributed by atoms with van der Waals surface area (Å²) >= 11 is 0. The van der Waals surface area contributed by atoms with Crippen LogP contribution in [0.4, 0.5) is 5.69 Å². The minimum absolute atomic E-state index is 0.0130. The van der Waals surface area contributed by atoms with Crippen LogP contribution in [0.1, 0.15) is 15.9 Å². The van der Waals surface area contributed by atoms with Gasteiger partial charge >= 0.3 is 0 Å². The van der Waals surface area contributed by atoms with Crippen molar-refractivity contribution in [3.63, 3.8) is 0 Å². The topological polar surface area (TPSA) is 75.4 Å². The van der Waals surface area contributed by atoms with E-state index in [1.54, 1.807) is 30.5 Å². The highest BCUT2D eigenvalue weighted by Crippen LogP contribution is 2.42. The number of aliphatic hydroxyl groups is 1. The third-order valence-corrected chi connectivity index (χ3v) is 3.98. The monoisotopic (exact) mass is 318 g/mol. The van der Waals surface area contributed by atoms with Crippen molar-refractivity contribution < 1.29 is 14.4 Å². The molecule has 3 aromatic rings. The number of rotatable bonds is 4. The molecule has 0 aliphatic heterocycles. The fraction of sp³-hybridized carbons (Fsp3) is 0.0526. The van der Waals surface area contributed by atoms with Gasteiger partial charge in [-0.2, -0.15) is 0 Å². The molecule has 0 saturated heterocycles. The lowest BCUT2D eigenvalue weighted by molar-refractivity contribution is 0.104. The normalized spacial score (nSPS) is 13.1. The summed E-state index contributed by atoms with van der Waals surface area (Å²) in [5.74, 6) is 0.580. The van der Waals surface area contributed by atoms with E-state index in [-0.39, 0.29) is 12.4 Å². The predicted octanol–water partition coefficient (Wildman–Crippen LogP) is 3.51. The highest BCUT2D eigenvalue weighted by Gasteiger charge is 2.30. The summed E-state index contributed by atoms with van der Waals surface area (Å²) in [5.41, 5.74) is 3.31. The summed E-state index contributed by atoms with van der Waals surface area (Å²) in [5, 5.41) is 16.7. The number of ketones is 1. The SMILES string of the molecule is O=C1c2ccccc2-c2onc3ccc(N/C=C/C=C/CO)c1c23. The molecule has 24 heavy (non-hydrogen) atoms. The van der Waals surface area contributed by atoms with Crippen molar-refractivity contribution in [1.29, 1.82) is 0 Å². The van der Waals surface area contributed by atoms with Crippen LogP contribution in [0.5, 0.6) is 0 Å². The quantitative estimate of drug-likeness (QED) is 0.563. The highest BCUT2D eigenvalue weighted by molar-refractivity contribution is 6.27. The van der Waals surface area contributed by atoms with Gasteiger partial charge in [0.15, 0.2) is 11.5 Å². The van der Waals surface area contributed by atoms with Crippen molar-refractivity contribution >= 4 is 22.4 Å². The molecule has 0 spiro atoms. The first-order valence-electron chi connectivity index (χ1n) is 7.57. The minimum atomic E-state index is -0.0475. The van der Waals surface area contributed by atoms with Crippen LogP contribution in [0.15, 0.2) is 65.3 Å². The zero-order chi connectivity index (χ0) is 16.5. The molecule has 0 saturated carbocycles. The van der Waals surface area contributed by atoms with Crippen LogP contribution < -0.4 is 5.32 Å². The van der Waals surface area contributed by atoms with Gasteiger partial charge in [-0.05, 0) is 18.2 Å². The Morgan fingerprint density at radius 1 is 1.12 bits per heavy atom. The Hall–Kier alpha value is -3.18. The van der Waals surface area contributed by atoms with Gasteiger partial charge in [0.25, 0.3) is 0 Å². The molecule has 0 amide bonds. The van der Waals surface area contributed by atoms with Gasteiger partial charge in [0.2, 0.25) is 0 Å². The zero-order valence-electron chi connectivity index (χ0n) is 12.7. The lowest BCUT2D eigenvalue weighted by atomic mass is 9.87. The van der Waals surface area contributed by atoms with Crippen LogP contribution in [-0.4, -0.2) is 22.7 Å². The molecule has 4 rings (SSSR count). The number of hydrogen-bond acceptors (Lipinski definition) is 5. The molecule has 0 unspecified atom stereocenters. The van der Waals surface area contributed by atoms with Crippen molar-refractivity contribution in [2.24, 2.45) is 0 Å². The van der Waals surface area contributed by atoms with Gasteiger partial charge < -0.3 is 14.9 Å². The van der Waals surface area contributed by atoms with Crippen molar-refractivity contribution in [1.82, 2.24) is 5.16 Å². The molecule has 0 radical (unpaired) electrons. The van der Waals surface area contributed by atoms with Gasteiger partial charge in [-0.15, -0.1) is 0 Å². The van der Waals surface area contributed by atoms with E-state index in [9.17, 15) is 4.79 Å².